The highest BCUT2D eigenvalue weighted by Crippen LogP contribution is 2.16. The molecule has 15 heavy (non-hydrogen) atoms. The molecule has 0 unspecified atom stereocenters. The number of aromatic nitrogens is 1. The van der Waals surface area contributed by atoms with Crippen LogP contribution in [0.5, 0.6) is 0 Å². The standard InChI is InChI=1S/C9H11N5O/c10-12-9(15)14-13-8-5-6-3-1-2-4-7(6)11-8/h1-5,11,13H,10H2,(H2,12,14,15). The van der Waals surface area contributed by atoms with Crippen molar-refractivity contribution in [3.8, 4) is 0 Å². The number of benzene rings is 1. The number of carbonyl (C=O) groups excluding carboxylic acids is 1. The number of nitrogens with two attached hydrogens (primary N) is 1. The van der Waals surface area contributed by atoms with Gasteiger partial charge in [-0.15, -0.1) is 0 Å². The SMILES string of the molecule is NNC(=O)NNc1cc2ccccc2[nH]1. The second kappa shape index (κ2) is 3.89. The van der Waals surface area contributed by atoms with Gasteiger partial charge in [0, 0.05) is 10.9 Å². The molecule has 0 aliphatic carbocycles. The lowest BCUT2D eigenvalue weighted by Gasteiger charge is -2.04. The lowest BCUT2D eigenvalue weighted by Crippen LogP contribution is -2.42. The van der Waals surface area contributed by atoms with Gasteiger partial charge in [-0.2, -0.15) is 0 Å². The van der Waals surface area contributed by atoms with Crippen LogP contribution in [0.2, 0.25) is 0 Å². The number of fused-ring (bicyclic) bond motifs is 1. The van der Waals surface area contributed by atoms with Crippen molar-refractivity contribution in [3.05, 3.63) is 30.3 Å². The van der Waals surface area contributed by atoms with E-state index in [1.54, 1.807) is 0 Å². The van der Waals surface area contributed by atoms with Crippen molar-refractivity contribution in [2.24, 2.45) is 5.84 Å². The Bertz CT molecular complexity index is 445. The van der Waals surface area contributed by atoms with Crippen LogP contribution < -0.4 is 22.1 Å². The second-order valence-electron chi connectivity index (χ2n) is 2.99. The number of anilines is 1. The first-order chi connectivity index (χ1) is 7.29. The lowest BCUT2D eigenvalue weighted by atomic mass is 10.2. The summed E-state index contributed by atoms with van der Waals surface area (Å²) in [5.41, 5.74) is 7.98. The molecule has 0 atom stereocenters. The van der Waals surface area contributed by atoms with Crippen LogP contribution in [-0.4, -0.2) is 11.0 Å². The zero-order valence-electron chi connectivity index (χ0n) is 7.87. The molecule has 6 heteroatoms. The summed E-state index contributed by atoms with van der Waals surface area (Å²) in [6.07, 6.45) is 0. The fraction of sp³-hybridized carbons (Fsp3) is 0. The molecule has 0 saturated heterocycles. The molecule has 0 bridgehead atoms. The molecule has 0 aliphatic heterocycles. The summed E-state index contributed by atoms with van der Waals surface area (Å²) in [5.74, 6) is 5.59. The Morgan fingerprint density at radius 3 is 2.87 bits per heavy atom. The molecule has 0 fully saturated rings. The van der Waals surface area contributed by atoms with E-state index in [-0.39, 0.29) is 0 Å². The monoisotopic (exact) mass is 205 g/mol. The average molecular weight is 205 g/mol. The van der Waals surface area contributed by atoms with Crippen molar-refractivity contribution >= 4 is 22.8 Å². The summed E-state index contributed by atoms with van der Waals surface area (Å²) in [6, 6.07) is 9.17. The van der Waals surface area contributed by atoms with E-state index >= 15 is 0 Å². The summed E-state index contributed by atoms with van der Waals surface area (Å²) in [7, 11) is 0. The number of hydrogen-bond acceptors (Lipinski definition) is 3. The zero-order valence-corrected chi connectivity index (χ0v) is 7.87. The number of carbonyl (C=O) groups is 1. The zero-order chi connectivity index (χ0) is 10.7. The number of rotatable bonds is 2. The number of para-hydroxylation sites is 1. The number of H-pyrrole nitrogens is 1. The van der Waals surface area contributed by atoms with Crippen molar-refractivity contribution in [1.29, 1.82) is 0 Å². The van der Waals surface area contributed by atoms with Gasteiger partial charge in [0.1, 0.15) is 5.82 Å². The van der Waals surface area contributed by atoms with Crippen LogP contribution in [0.3, 0.4) is 0 Å². The second-order valence-corrected chi connectivity index (χ2v) is 2.99. The molecule has 0 radical (unpaired) electrons. The minimum atomic E-state index is -0.506. The van der Waals surface area contributed by atoms with Crippen molar-refractivity contribution in [1.82, 2.24) is 15.8 Å². The summed E-state index contributed by atoms with van der Waals surface area (Å²) >= 11 is 0. The van der Waals surface area contributed by atoms with Crippen LogP contribution in [0.4, 0.5) is 10.6 Å². The number of hydrazine groups is 2. The molecule has 1 aromatic carbocycles. The highest BCUT2D eigenvalue weighted by Gasteiger charge is 2.00. The molecule has 2 rings (SSSR count). The minimum Gasteiger partial charge on any atom is -0.340 e. The molecular weight excluding hydrogens is 194 g/mol. The van der Waals surface area contributed by atoms with E-state index in [2.05, 4.69) is 15.8 Å². The van der Waals surface area contributed by atoms with E-state index in [1.807, 2.05) is 35.8 Å². The van der Waals surface area contributed by atoms with Crippen molar-refractivity contribution in [2.45, 2.75) is 0 Å². The number of aromatic amines is 1. The number of hydrogen-bond donors (Lipinski definition) is 5. The van der Waals surface area contributed by atoms with E-state index < -0.39 is 6.03 Å². The summed E-state index contributed by atoms with van der Waals surface area (Å²) in [4.78, 5) is 13.9. The summed E-state index contributed by atoms with van der Waals surface area (Å²) in [5, 5.41) is 1.06. The molecular formula is C9H11N5O. The minimum absolute atomic E-state index is 0.506. The average Bonchev–Trinajstić information content (AvgIpc) is 2.68. The van der Waals surface area contributed by atoms with E-state index in [1.165, 1.54) is 0 Å². The molecule has 0 saturated carbocycles. The quantitative estimate of drug-likeness (QED) is 0.283. The van der Waals surface area contributed by atoms with Gasteiger partial charge in [0.15, 0.2) is 0 Å². The summed E-state index contributed by atoms with van der Waals surface area (Å²) in [6.45, 7) is 0. The molecule has 6 N–H and O–H groups in total. The van der Waals surface area contributed by atoms with Crippen molar-refractivity contribution in [2.75, 3.05) is 5.43 Å². The van der Waals surface area contributed by atoms with Crippen molar-refractivity contribution < 1.29 is 4.79 Å². The molecule has 0 spiro atoms. The largest absolute Gasteiger partial charge is 0.347 e. The van der Waals surface area contributed by atoms with Crippen LogP contribution in [0.25, 0.3) is 10.9 Å². The normalized spacial score (nSPS) is 9.93. The van der Waals surface area contributed by atoms with E-state index in [9.17, 15) is 4.79 Å². The van der Waals surface area contributed by atoms with Crippen LogP contribution in [0.15, 0.2) is 30.3 Å². The van der Waals surface area contributed by atoms with Crippen LogP contribution >= 0.6 is 0 Å². The topological polar surface area (TPSA) is 95.0 Å². The first-order valence-corrected chi connectivity index (χ1v) is 4.40. The van der Waals surface area contributed by atoms with Gasteiger partial charge in [0.05, 0.1) is 0 Å². The number of amides is 2. The van der Waals surface area contributed by atoms with Gasteiger partial charge in [-0.1, -0.05) is 18.2 Å². The molecule has 6 nitrogen and oxygen atoms in total. The summed E-state index contributed by atoms with van der Waals surface area (Å²) < 4.78 is 0. The van der Waals surface area contributed by atoms with Gasteiger partial charge < -0.3 is 4.98 Å². The fourth-order valence-electron chi connectivity index (χ4n) is 1.30. The molecule has 2 aromatic rings. The Morgan fingerprint density at radius 2 is 2.13 bits per heavy atom. The van der Waals surface area contributed by atoms with Crippen molar-refractivity contribution in [3.63, 3.8) is 0 Å². The Hall–Kier alpha value is -2.21. The van der Waals surface area contributed by atoms with Gasteiger partial charge in [0.25, 0.3) is 0 Å². The van der Waals surface area contributed by atoms with E-state index in [0.717, 1.165) is 10.9 Å². The van der Waals surface area contributed by atoms with Gasteiger partial charge in [-0.25, -0.2) is 16.1 Å². The lowest BCUT2D eigenvalue weighted by molar-refractivity contribution is 0.243. The molecule has 0 aliphatic rings. The number of nitrogens with one attached hydrogen (secondary N) is 4. The number of urea groups is 1. The first-order valence-electron chi connectivity index (χ1n) is 4.40. The molecule has 78 valence electrons. The fourth-order valence-corrected chi connectivity index (χ4v) is 1.30. The molecule has 1 aromatic heterocycles. The Morgan fingerprint density at radius 1 is 1.33 bits per heavy atom. The predicted molar refractivity (Wildman–Crippen MR) is 57.8 cm³/mol. The Balaban J connectivity index is 2.12. The van der Waals surface area contributed by atoms with E-state index in [4.69, 9.17) is 5.84 Å². The van der Waals surface area contributed by atoms with Crippen LogP contribution in [0, 0.1) is 0 Å². The van der Waals surface area contributed by atoms with Crippen LogP contribution in [-0.2, 0) is 0 Å². The highest BCUT2D eigenvalue weighted by molar-refractivity contribution is 5.84. The van der Waals surface area contributed by atoms with Gasteiger partial charge in [-0.3, -0.25) is 10.9 Å². The Kier molecular flexibility index (Phi) is 2.42. The maximum Gasteiger partial charge on any atom is 0.347 e. The van der Waals surface area contributed by atoms with Gasteiger partial charge in [0.2, 0.25) is 0 Å². The maximum atomic E-state index is 10.8. The molecule has 1 heterocycles. The predicted octanol–water partition coefficient (Wildman–Crippen LogP) is 0.668. The van der Waals surface area contributed by atoms with Crippen LogP contribution in [0.1, 0.15) is 0 Å². The highest BCUT2D eigenvalue weighted by atomic mass is 16.2. The third kappa shape index (κ3) is 2.00. The Labute approximate surface area is 85.8 Å². The smallest absolute Gasteiger partial charge is 0.340 e. The van der Waals surface area contributed by atoms with Gasteiger partial charge >= 0.3 is 6.03 Å². The maximum absolute atomic E-state index is 10.8. The third-order valence-corrected chi connectivity index (χ3v) is 1.97. The van der Waals surface area contributed by atoms with Gasteiger partial charge in [-0.05, 0) is 12.1 Å². The van der Waals surface area contributed by atoms with E-state index in [0.29, 0.717) is 5.82 Å². The first kappa shape index (κ1) is 9.35. The third-order valence-electron chi connectivity index (χ3n) is 1.97. The molecule has 2 amide bonds.